The summed E-state index contributed by atoms with van der Waals surface area (Å²) in [5.74, 6) is -0.252. The van der Waals surface area contributed by atoms with E-state index < -0.39 is 17.9 Å². The molecule has 0 bridgehead atoms. The van der Waals surface area contributed by atoms with Crippen LogP contribution < -0.4 is 25.4 Å². The van der Waals surface area contributed by atoms with Gasteiger partial charge in [-0.2, -0.15) is 0 Å². The van der Waals surface area contributed by atoms with E-state index in [9.17, 15) is 14.4 Å². The Balaban J connectivity index is 1.70. The van der Waals surface area contributed by atoms with Gasteiger partial charge in [-0.3, -0.25) is 19.4 Å². The molecular weight excluding hydrogens is 472 g/mol. The van der Waals surface area contributed by atoms with Crippen molar-refractivity contribution in [2.24, 2.45) is 5.92 Å². The summed E-state index contributed by atoms with van der Waals surface area (Å²) < 4.78 is 10.7. The van der Waals surface area contributed by atoms with Crippen LogP contribution in [0.15, 0.2) is 67.0 Å². The number of rotatable bonds is 11. The van der Waals surface area contributed by atoms with Gasteiger partial charge < -0.3 is 25.4 Å². The summed E-state index contributed by atoms with van der Waals surface area (Å²) in [6, 6.07) is 15.3. The zero-order valence-corrected chi connectivity index (χ0v) is 21.4. The van der Waals surface area contributed by atoms with Gasteiger partial charge in [0.25, 0.3) is 11.8 Å². The highest BCUT2D eigenvalue weighted by Gasteiger charge is 2.27. The molecule has 2 aromatic carbocycles. The second-order valence-corrected chi connectivity index (χ2v) is 8.64. The maximum absolute atomic E-state index is 13.2. The molecule has 0 aliphatic carbocycles. The number of hydrogen-bond donors (Lipinski definition) is 3. The number of carbonyl (C=O) groups is 3. The molecule has 3 aromatic rings. The smallest absolute Gasteiger partial charge is 0.253 e. The molecule has 0 saturated heterocycles. The zero-order chi connectivity index (χ0) is 26.8. The maximum Gasteiger partial charge on any atom is 0.253 e. The first kappa shape index (κ1) is 27.2. The lowest BCUT2D eigenvalue weighted by molar-refractivity contribution is -0.124. The van der Waals surface area contributed by atoms with Gasteiger partial charge in [-0.05, 0) is 24.1 Å². The number of ether oxygens (including phenoxy) is 2. The third-order valence-corrected chi connectivity index (χ3v) is 5.82. The van der Waals surface area contributed by atoms with Crippen molar-refractivity contribution in [2.75, 3.05) is 14.2 Å². The fraction of sp³-hybridized carbons (Fsp3) is 0.286. The van der Waals surface area contributed by atoms with Gasteiger partial charge in [0.15, 0.2) is 0 Å². The molecule has 1 heterocycles. The molecule has 3 amide bonds. The third-order valence-electron chi connectivity index (χ3n) is 5.82. The van der Waals surface area contributed by atoms with Gasteiger partial charge in [-0.25, -0.2) is 0 Å². The molecule has 37 heavy (non-hydrogen) atoms. The molecule has 0 unspecified atom stereocenters. The van der Waals surface area contributed by atoms with E-state index in [1.54, 1.807) is 20.3 Å². The van der Waals surface area contributed by atoms with Crippen molar-refractivity contribution in [3.63, 3.8) is 0 Å². The van der Waals surface area contributed by atoms with Crippen LogP contribution in [-0.2, 0) is 17.9 Å². The first-order valence-corrected chi connectivity index (χ1v) is 11.9. The average Bonchev–Trinajstić information content (AvgIpc) is 2.93. The van der Waals surface area contributed by atoms with Crippen molar-refractivity contribution < 1.29 is 23.9 Å². The van der Waals surface area contributed by atoms with Crippen LogP contribution in [0.4, 0.5) is 0 Å². The van der Waals surface area contributed by atoms with E-state index in [0.29, 0.717) is 11.5 Å². The lowest BCUT2D eigenvalue weighted by Gasteiger charge is -2.22. The van der Waals surface area contributed by atoms with E-state index in [-0.39, 0.29) is 36.0 Å². The predicted molar refractivity (Wildman–Crippen MR) is 139 cm³/mol. The van der Waals surface area contributed by atoms with E-state index in [2.05, 4.69) is 20.9 Å². The Labute approximate surface area is 216 Å². The Morgan fingerprint density at radius 2 is 1.35 bits per heavy atom. The fourth-order valence-electron chi connectivity index (χ4n) is 3.79. The first-order chi connectivity index (χ1) is 17.8. The highest BCUT2D eigenvalue weighted by molar-refractivity contribution is 6.07. The normalized spacial score (nSPS) is 11.4. The van der Waals surface area contributed by atoms with Gasteiger partial charge in [-0.1, -0.05) is 50.2 Å². The molecule has 0 aliphatic rings. The Hall–Kier alpha value is -4.40. The van der Waals surface area contributed by atoms with Crippen molar-refractivity contribution in [3.8, 4) is 11.5 Å². The summed E-state index contributed by atoms with van der Waals surface area (Å²) in [5, 5.41) is 8.44. The molecule has 1 atom stereocenters. The standard InChI is InChI=1S/C28H32N4O5/c1-18(2)25(28(35)31-16-20-10-6-8-12-24(20)37-4)32-27(34)21-13-14-29-17-22(21)26(33)30-15-19-9-5-7-11-23(19)36-3/h5-14,17-18,25H,15-16H2,1-4H3,(H,30,33)(H,31,35)(H,32,34)/t25-/m0/s1. The van der Waals surface area contributed by atoms with Crippen LogP contribution in [0, 0.1) is 5.92 Å². The predicted octanol–water partition coefficient (Wildman–Crippen LogP) is 3.10. The molecule has 3 N–H and O–H groups in total. The van der Waals surface area contributed by atoms with Crippen LogP contribution in [0.5, 0.6) is 11.5 Å². The second kappa shape index (κ2) is 13.1. The van der Waals surface area contributed by atoms with Crippen molar-refractivity contribution in [2.45, 2.75) is 33.0 Å². The number of amides is 3. The minimum absolute atomic E-state index is 0.104. The third kappa shape index (κ3) is 7.07. The van der Waals surface area contributed by atoms with Gasteiger partial charge in [0.1, 0.15) is 17.5 Å². The summed E-state index contributed by atoms with van der Waals surface area (Å²) in [6.07, 6.45) is 2.76. The summed E-state index contributed by atoms with van der Waals surface area (Å²) in [6.45, 7) is 4.12. The zero-order valence-electron chi connectivity index (χ0n) is 21.4. The van der Waals surface area contributed by atoms with Crippen LogP contribution in [0.25, 0.3) is 0 Å². The van der Waals surface area contributed by atoms with Gasteiger partial charge >= 0.3 is 0 Å². The summed E-state index contributed by atoms with van der Waals surface area (Å²) >= 11 is 0. The minimum atomic E-state index is -0.820. The fourth-order valence-corrected chi connectivity index (χ4v) is 3.79. The Kier molecular flexibility index (Phi) is 9.60. The van der Waals surface area contributed by atoms with E-state index in [1.807, 2.05) is 56.3 Å². The van der Waals surface area contributed by atoms with E-state index in [0.717, 1.165) is 11.1 Å². The highest BCUT2D eigenvalue weighted by Crippen LogP contribution is 2.18. The maximum atomic E-state index is 13.2. The number of nitrogens with one attached hydrogen (secondary N) is 3. The van der Waals surface area contributed by atoms with Crippen LogP contribution in [0.3, 0.4) is 0 Å². The topological polar surface area (TPSA) is 119 Å². The number of para-hydroxylation sites is 2. The minimum Gasteiger partial charge on any atom is -0.496 e. The molecule has 0 fully saturated rings. The van der Waals surface area contributed by atoms with Crippen LogP contribution in [-0.4, -0.2) is 43.0 Å². The van der Waals surface area contributed by atoms with Crippen LogP contribution >= 0.6 is 0 Å². The van der Waals surface area contributed by atoms with Crippen molar-refractivity contribution in [1.29, 1.82) is 0 Å². The molecule has 1 aromatic heterocycles. The molecule has 0 aliphatic heterocycles. The second-order valence-electron chi connectivity index (χ2n) is 8.64. The van der Waals surface area contributed by atoms with Crippen molar-refractivity contribution >= 4 is 17.7 Å². The van der Waals surface area contributed by atoms with E-state index >= 15 is 0 Å². The van der Waals surface area contributed by atoms with Gasteiger partial charge in [0, 0.05) is 36.6 Å². The molecule has 9 nitrogen and oxygen atoms in total. The Bertz CT molecular complexity index is 1240. The molecule has 194 valence electrons. The van der Waals surface area contributed by atoms with Crippen molar-refractivity contribution in [1.82, 2.24) is 20.9 Å². The average molecular weight is 505 g/mol. The van der Waals surface area contributed by atoms with Gasteiger partial charge in [0.2, 0.25) is 5.91 Å². The molecule has 0 radical (unpaired) electrons. The first-order valence-electron chi connectivity index (χ1n) is 11.9. The lowest BCUT2D eigenvalue weighted by atomic mass is 10.0. The summed E-state index contributed by atoms with van der Waals surface area (Å²) in [7, 11) is 3.12. The molecule has 9 heteroatoms. The van der Waals surface area contributed by atoms with E-state index in [4.69, 9.17) is 9.47 Å². The molecule has 0 spiro atoms. The number of hydrogen-bond acceptors (Lipinski definition) is 6. The van der Waals surface area contributed by atoms with E-state index in [1.165, 1.54) is 18.5 Å². The Morgan fingerprint density at radius 1 is 0.784 bits per heavy atom. The summed E-state index contributed by atoms with van der Waals surface area (Å²) in [5.41, 5.74) is 1.83. The molecular formula is C28H32N4O5. The van der Waals surface area contributed by atoms with Crippen LogP contribution in [0.2, 0.25) is 0 Å². The number of methoxy groups -OCH3 is 2. The number of nitrogens with zero attached hydrogens (tertiary/aromatic N) is 1. The summed E-state index contributed by atoms with van der Waals surface area (Å²) in [4.78, 5) is 43.2. The molecule has 0 saturated carbocycles. The van der Waals surface area contributed by atoms with Gasteiger partial charge in [0.05, 0.1) is 25.3 Å². The SMILES string of the molecule is COc1ccccc1CNC(=O)c1cnccc1C(=O)N[C@H](C(=O)NCc1ccccc1OC)C(C)C. The molecule has 3 rings (SSSR count). The number of benzene rings is 2. The highest BCUT2D eigenvalue weighted by atomic mass is 16.5. The number of pyridine rings is 1. The van der Waals surface area contributed by atoms with Crippen LogP contribution in [0.1, 0.15) is 45.7 Å². The monoisotopic (exact) mass is 504 g/mol. The van der Waals surface area contributed by atoms with Gasteiger partial charge in [-0.15, -0.1) is 0 Å². The number of aromatic nitrogens is 1. The van der Waals surface area contributed by atoms with Crippen molar-refractivity contribution in [3.05, 3.63) is 89.2 Å². The number of carbonyl (C=O) groups excluding carboxylic acids is 3. The Morgan fingerprint density at radius 3 is 1.92 bits per heavy atom. The quantitative estimate of drug-likeness (QED) is 0.369. The lowest BCUT2D eigenvalue weighted by Crippen LogP contribution is -2.49. The largest absolute Gasteiger partial charge is 0.496 e.